The number of alkyl halides is 2. The summed E-state index contributed by atoms with van der Waals surface area (Å²) in [5, 5.41) is 5.18. The first-order valence-corrected chi connectivity index (χ1v) is 5.59. The fourth-order valence-corrected chi connectivity index (χ4v) is 2.48. The Morgan fingerprint density at radius 1 is 1.57 bits per heavy atom. The number of thiophene rings is 1. The van der Waals surface area contributed by atoms with Crippen molar-refractivity contribution in [2.45, 2.75) is 38.3 Å². The van der Waals surface area contributed by atoms with Crippen molar-refractivity contribution in [3.63, 3.8) is 0 Å². The van der Waals surface area contributed by atoms with Gasteiger partial charge in [0.25, 0.3) is 5.92 Å². The van der Waals surface area contributed by atoms with Crippen molar-refractivity contribution >= 4 is 11.3 Å². The zero-order valence-electron chi connectivity index (χ0n) is 8.02. The third kappa shape index (κ3) is 2.12. The van der Waals surface area contributed by atoms with E-state index in [9.17, 15) is 8.78 Å². The van der Waals surface area contributed by atoms with Crippen LogP contribution >= 0.6 is 11.3 Å². The van der Waals surface area contributed by atoms with E-state index in [0.717, 1.165) is 6.54 Å². The van der Waals surface area contributed by atoms with E-state index in [2.05, 4.69) is 11.4 Å². The molecule has 1 heterocycles. The van der Waals surface area contributed by atoms with Crippen LogP contribution in [0.4, 0.5) is 8.78 Å². The summed E-state index contributed by atoms with van der Waals surface area (Å²) in [6.45, 7) is 2.77. The molecule has 0 bridgehead atoms. The topological polar surface area (TPSA) is 12.0 Å². The summed E-state index contributed by atoms with van der Waals surface area (Å²) in [5.74, 6) is -2.41. The number of rotatable bonds is 3. The van der Waals surface area contributed by atoms with Crippen LogP contribution in [0.1, 0.15) is 23.3 Å². The predicted octanol–water partition coefficient (Wildman–Crippen LogP) is 2.94. The molecule has 1 aliphatic carbocycles. The first-order valence-electron chi connectivity index (χ1n) is 4.71. The summed E-state index contributed by atoms with van der Waals surface area (Å²) in [6.07, 6.45) is -0.00511. The average Bonchev–Trinajstić information content (AvgIpc) is 2.44. The summed E-state index contributed by atoms with van der Waals surface area (Å²) in [4.78, 5) is 1.25. The lowest BCUT2D eigenvalue weighted by molar-refractivity contribution is -0.0929. The molecule has 0 unspecified atom stereocenters. The van der Waals surface area contributed by atoms with Crippen LogP contribution in [0.15, 0.2) is 11.4 Å². The van der Waals surface area contributed by atoms with Gasteiger partial charge in [-0.3, -0.25) is 0 Å². The summed E-state index contributed by atoms with van der Waals surface area (Å²) >= 11 is 1.68. The fraction of sp³-hybridized carbons (Fsp3) is 0.600. The lowest BCUT2D eigenvalue weighted by Gasteiger charge is -2.35. The van der Waals surface area contributed by atoms with Crippen LogP contribution in [0.3, 0.4) is 0 Å². The first-order chi connectivity index (χ1) is 6.57. The molecular formula is C10H13F2NS. The van der Waals surface area contributed by atoms with E-state index in [1.807, 2.05) is 12.3 Å². The predicted molar refractivity (Wildman–Crippen MR) is 53.9 cm³/mol. The minimum atomic E-state index is -2.41. The van der Waals surface area contributed by atoms with Crippen LogP contribution in [0, 0.1) is 6.92 Å². The molecule has 0 aromatic carbocycles. The van der Waals surface area contributed by atoms with Crippen molar-refractivity contribution in [1.82, 2.24) is 5.32 Å². The van der Waals surface area contributed by atoms with Crippen molar-refractivity contribution in [2.24, 2.45) is 0 Å². The highest BCUT2D eigenvalue weighted by atomic mass is 32.1. The normalized spacial score (nSPS) is 20.8. The van der Waals surface area contributed by atoms with Crippen molar-refractivity contribution in [1.29, 1.82) is 0 Å². The Hall–Kier alpha value is -0.480. The third-order valence-electron chi connectivity index (χ3n) is 2.61. The Labute approximate surface area is 86.1 Å². The van der Waals surface area contributed by atoms with E-state index in [-0.39, 0.29) is 18.9 Å². The molecule has 1 aliphatic rings. The number of hydrogen-bond acceptors (Lipinski definition) is 2. The molecule has 14 heavy (non-hydrogen) atoms. The highest BCUT2D eigenvalue weighted by molar-refractivity contribution is 7.10. The van der Waals surface area contributed by atoms with E-state index < -0.39 is 5.92 Å². The molecule has 1 aromatic rings. The van der Waals surface area contributed by atoms with Crippen LogP contribution in [-0.4, -0.2) is 12.0 Å². The zero-order valence-corrected chi connectivity index (χ0v) is 8.83. The van der Waals surface area contributed by atoms with E-state index >= 15 is 0 Å². The number of hydrogen-bond donors (Lipinski definition) is 1. The second-order valence-electron chi connectivity index (χ2n) is 3.87. The van der Waals surface area contributed by atoms with Gasteiger partial charge in [0.1, 0.15) is 0 Å². The Morgan fingerprint density at radius 2 is 2.29 bits per heavy atom. The second-order valence-corrected chi connectivity index (χ2v) is 4.87. The van der Waals surface area contributed by atoms with Crippen molar-refractivity contribution < 1.29 is 8.78 Å². The number of nitrogens with one attached hydrogen (secondary N) is 1. The SMILES string of the molecule is Cc1ccsc1CNC1CC(F)(F)C1. The van der Waals surface area contributed by atoms with Gasteiger partial charge < -0.3 is 5.32 Å². The lowest BCUT2D eigenvalue weighted by Crippen LogP contribution is -2.48. The minimum absolute atomic E-state index is 0.00256. The standard InChI is InChI=1S/C10H13F2NS/c1-7-2-3-14-9(7)6-13-8-4-10(11,12)5-8/h2-3,8,13H,4-6H2,1H3. The fourth-order valence-electron chi connectivity index (χ4n) is 1.63. The molecule has 1 aromatic heterocycles. The molecule has 1 saturated carbocycles. The van der Waals surface area contributed by atoms with Crippen LogP contribution in [0.25, 0.3) is 0 Å². The van der Waals surface area contributed by atoms with Gasteiger partial charge in [-0.15, -0.1) is 11.3 Å². The molecule has 1 nitrogen and oxygen atoms in total. The molecule has 78 valence electrons. The van der Waals surface area contributed by atoms with Gasteiger partial charge in [0.05, 0.1) is 0 Å². The second kappa shape index (κ2) is 3.59. The molecule has 0 atom stereocenters. The van der Waals surface area contributed by atoms with Crippen LogP contribution in [-0.2, 0) is 6.54 Å². The van der Waals surface area contributed by atoms with Crippen LogP contribution in [0.5, 0.6) is 0 Å². The van der Waals surface area contributed by atoms with Gasteiger partial charge in [-0.2, -0.15) is 0 Å². The summed E-state index contributed by atoms with van der Waals surface area (Å²) in [5.41, 5.74) is 1.24. The molecular weight excluding hydrogens is 204 g/mol. The Morgan fingerprint density at radius 3 is 2.79 bits per heavy atom. The summed E-state index contributed by atoms with van der Waals surface area (Å²) in [7, 11) is 0. The quantitative estimate of drug-likeness (QED) is 0.820. The molecule has 0 aliphatic heterocycles. The lowest BCUT2D eigenvalue weighted by atomic mass is 9.88. The van der Waals surface area contributed by atoms with Gasteiger partial charge in [-0.25, -0.2) is 8.78 Å². The molecule has 0 saturated heterocycles. The van der Waals surface area contributed by atoms with E-state index in [0.29, 0.717) is 0 Å². The molecule has 0 radical (unpaired) electrons. The molecule has 0 amide bonds. The largest absolute Gasteiger partial charge is 0.309 e. The zero-order chi connectivity index (χ0) is 10.2. The van der Waals surface area contributed by atoms with Gasteiger partial charge in [0.2, 0.25) is 0 Å². The molecule has 2 rings (SSSR count). The van der Waals surface area contributed by atoms with Crippen molar-refractivity contribution in [2.75, 3.05) is 0 Å². The van der Waals surface area contributed by atoms with Crippen LogP contribution in [0.2, 0.25) is 0 Å². The van der Waals surface area contributed by atoms with Crippen LogP contribution < -0.4 is 5.32 Å². The van der Waals surface area contributed by atoms with Gasteiger partial charge in [-0.1, -0.05) is 0 Å². The average molecular weight is 217 g/mol. The van der Waals surface area contributed by atoms with Gasteiger partial charge in [0.15, 0.2) is 0 Å². The van der Waals surface area contributed by atoms with E-state index in [1.165, 1.54) is 10.4 Å². The number of aryl methyl sites for hydroxylation is 1. The molecule has 4 heteroatoms. The van der Waals surface area contributed by atoms with Gasteiger partial charge in [0, 0.05) is 30.3 Å². The first kappa shape index (κ1) is 10.1. The monoisotopic (exact) mass is 217 g/mol. The van der Waals surface area contributed by atoms with E-state index in [1.54, 1.807) is 11.3 Å². The smallest absolute Gasteiger partial charge is 0.251 e. The Kier molecular flexibility index (Phi) is 2.58. The highest BCUT2D eigenvalue weighted by Crippen LogP contribution is 2.37. The molecule has 1 fully saturated rings. The third-order valence-corrected chi connectivity index (χ3v) is 3.63. The number of halogens is 2. The minimum Gasteiger partial charge on any atom is -0.309 e. The van der Waals surface area contributed by atoms with Gasteiger partial charge in [-0.05, 0) is 23.9 Å². The maximum absolute atomic E-state index is 12.5. The van der Waals surface area contributed by atoms with Gasteiger partial charge >= 0.3 is 0 Å². The molecule has 1 N–H and O–H groups in total. The Balaban J connectivity index is 1.77. The summed E-state index contributed by atoms with van der Waals surface area (Å²) in [6, 6.07) is 2.06. The Bertz CT molecular complexity index is 314. The highest BCUT2D eigenvalue weighted by Gasteiger charge is 2.44. The maximum atomic E-state index is 12.5. The van der Waals surface area contributed by atoms with Crippen molar-refractivity contribution in [3.8, 4) is 0 Å². The van der Waals surface area contributed by atoms with Crippen molar-refractivity contribution in [3.05, 3.63) is 21.9 Å². The van der Waals surface area contributed by atoms with E-state index in [4.69, 9.17) is 0 Å². The summed E-state index contributed by atoms with van der Waals surface area (Å²) < 4.78 is 25.0. The maximum Gasteiger partial charge on any atom is 0.251 e. The molecule has 0 spiro atoms.